The van der Waals surface area contributed by atoms with Gasteiger partial charge in [-0.15, -0.1) is 0 Å². The average Bonchev–Trinajstić information content (AvgIpc) is 2.98. The van der Waals surface area contributed by atoms with Gasteiger partial charge in [-0.05, 0) is 12.1 Å². The van der Waals surface area contributed by atoms with Gasteiger partial charge in [-0.25, -0.2) is 8.89 Å². The molecule has 0 aliphatic rings. The Morgan fingerprint density at radius 1 is 1.26 bits per heavy atom. The van der Waals surface area contributed by atoms with Crippen molar-refractivity contribution in [2.45, 2.75) is 21.9 Å². The number of hydroxylamine groups is 1. The van der Waals surface area contributed by atoms with Crippen molar-refractivity contribution in [2.75, 3.05) is 12.2 Å². The van der Waals surface area contributed by atoms with Crippen LogP contribution in [0.5, 0.6) is 0 Å². The molecule has 168 valence electrons. The molecule has 0 saturated carbocycles. The first-order valence-corrected chi connectivity index (χ1v) is 10.2. The molecule has 0 aliphatic carbocycles. The number of rotatable bonds is 5. The van der Waals surface area contributed by atoms with Gasteiger partial charge in [0.15, 0.2) is 11.5 Å². The van der Waals surface area contributed by atoms with Gasteiger partial charge in [0.2, 0.25) is 5.91 Å². The Bertz CT molecular complexity index is 1090. The molecule has 16 heteroatoms. The Kier molecular flexibility index (Phi) is 7.52. The molecule has 0 aliphatic heterocycles. The van der Waals surface area contributed by atoms with E-state index in [4.69, 9.17) is 51.2 Å². The molecule has 2 aromatic rings. The van der Waals surface area contributed by atoms with Crippen molar-refractivity contribution < 1.29 is 31.4 Å². The van der Waals surface area contributed by atoms with E-state index in [0.717, 1.165) is 14.0 Å². The van der Waals surface area contributed by atoms with Gasteiger partial charge < -0.3 is 0 Å². The summed E-state index contributed by atoms with van der Waals surface area (Å²) in [6.07, 6.45) is -4.80. The second kappa shape index (κ2) is 9.09. The van der Waals surface area contributed by atoms with Gasteiger partial charge in [-0.3, -0.25) is 9.63 Å². The molecule has 1 aromatic carbocycles. The first kappa shape index (κ1) is 25.6. The maximum absolute atomic E-state index is 14.1. The quantitative estimate of drug-likeness (QED) is 0.297. The zero-order chi connectivity index (χ0) is 23.9. The van der Waals surface area contributed by atoms with Gasteiger partial charge in [-0.2, -0.15) is 33.0 Å². The Hall–Kier alpha value is -1.62. The largest absolute Gasteiger partial charge is 0.416 e. The van der Waals surface area contributed by atoms with Crippen LogP contribution in [0, 0.1) is 11.3 Å². The van der Waals surface area contributed by atoms with E-state index in [9.17, 15) is 31.8 Å². The summed E-state index contributed by atoms with van der Waals surface area (Å²) < 4.78 is 62.9. The highest BCUT2D eigenvalue weighted by atomic mass is 35.5. The first-order valence-electron chi connectivity index (χ1n) is 7.58. The number of alkyl halides is 6. The van der Waals surface area contributed by atoms with Crippen LogP contribution in [0.3, 0.4) is 0 Å². The number of halogens is 8. The minimum absolute atomic E-state index is 0.422. The summed E-state index contributed by atoms with van der Waals surface area (Å²) in [6, 6.07) is 2.51. The molecular weight excluding hydrogens is 534 g/mol. The van der Waals surface area contributed by atoms with Crippen LogP contribution >= 0.6 is 46.4 Å². The number of hydrogen-bond donors (Lipinski definition) is 0. The molecule has 1 heterocycles. The van der Waals surface area contributed by atoms with Crippen LogP contribution < -0.4 is 5.06 Å². The highest BCUT2D eigenvalue weighted by Gasteiger charge is 2.41. The number of carbonyl (C=O) groups is 1. The van der Waals surface area contributed by atoms with Crippen LogP contribution in [0.2, 0.25) is 10.0 Å². The van der Waals surface area contributed by atoms with Gasteiger partial charge in [0.25, 0.3) is 0 Å². The van der Waals surface area contributed by atoms with E-state index < -0.39 is 64.5 Å². The number of anilines is 1. The van der Waals surface area contributed by atoms with Crippen LogP contribution in [0.4, 0.5) is 23.4 Å². The second-order valence-electron chi connectivity index (χ2n) is 5.52. The number of amides is 1. The first-order chi connectivity index (χ1) is 14.1. The summed E-state index contributed by atoms with van der Waals surface area (Å²) in [6.45, 7) is 0.972. The molecule has 0 bridgehead atoms. The molecule has 0 saturated heterocycles. The molecule has 1 atom stereocenters. The average molecular weight is 542 g/mol. The maximum Gasteiger partial charge on any atom is 0.416 e. The fourth-order valence-corrected chi connectivity index (χ4v) is 4.32. The number of nitrogens with zero attached hydrogens (tertiary/aromatic N) is 4. The molecule has 0 spiro atoms. The van der Waals surface area contributed by atoms with E-state index >= 15 is 0 Å². The molecule has 1 unspecified atom stereocenters. The molecule has 31 heavy (non-hydrogen) atoms. The highest BCUT2D eigenvalue weighted by Crippen LogP contribution is 2.43. The molecular formula is C15H8Cl4F4N4O3S. The highest BCUT2D eigenvalue weighted by molar-refractivity contribution is 7.89. The fraction of sp³-hybridized carbons (Fsp3) is 0.267. The molecule has 0 radical (unpaired) electrons. The smallest absolute Gasteiger partial charge is 0.272 e. The SMILES string of the molecule is CON(C(C)=O)c1c(S(=O)C(F)(Cl)Cl)c(C#N)nn1-c1c(Cl)cc(C(F)(F)F)cc1Cl. The molecule has 0 fully saturated rings. The van der Waals surface area contributed by atoms with Gasteiger partial charge in [0.05, 0.1) is 22.7 Å². The molecule has 1 aromatic heterocycles. The minimum atomic E-state index is -4.80. The van der Waals surface area contributed by atoms with E-state index in [-0.39, 0.29) is 0 Å². The fourth-order valence-electron chi connectivity index (χ4n) is 2.38. The lowest BCUT2D eigenvalue weighted by Crippen LogP contribution is -2.31. The lowest BCUT2D eigenvalue weighted by Gasteiger charge is -2.22. The summed E-state index contributed by atoms with van der Waals surface area (Å²) in [7, 11) is -2.05. The second-order valence-corrected chi connectivity index (χ2v) is 9.53. The summed E-state index contributed by atoms with van der Waals surface area (Å²) >= 11 is 22.5. The lowest BCUT2D eigenvalue weighted by molar-refractivity contribution is -0.137. The molecule has 1 amide bonds. The number of aromatic nitrogens is 2. The third kappa shape index (κ3) is 5.08. The summed E-state index contributed by atoms with van der Waals surface area (Å²) in [5, 5.41) is 12.3. The van der Waals surface area contributed by atoms with Crippen LogP contribution in [0.25, 0.3) is 5.69 Å². The van der Waals surface area contributed by atoms with Crippen LogP contribution in [-0.2, 0) is 26.6 Å². The van der Waals surface area contributed by atoms with Crippen molar-refractivity contribution in [1.29, 1.82) is 5.26 Å². The third-order valence-electron chi connectivity index (χ3n) is 3.54. The minimum Gasteiger partial charge on any atom is -0.272 e. The van der Waals surface area contributed by atoms with E-state index in [2.05, 4.69) is 5.10 Å². The normalized spacial score (nSPS) is 13.1. The number of hydrogen-bond acceptors (Lipinski definition) is 5. The van der Waals surface area contributed by atoms with Crippen LogP contribution in [0.1, 0.15) is 18.2 Å². The van der Waals surface area contributed by atoms with Crippen molar-refractivity contribution in [3.05, 3.63) is 33.4 Å². The van der Waals surface area contributed by atoms with Crippen LogP contribution in [0.15, 0.2) is 17.0 Å². The predicted molar refractivity (Wildman–Crippen MR) is 105 cm³/mol. The van der Waals surface area contributed by atoms with Crippen molar-refractivity contribution in [3.63, 3.8) is 0 Å². The van der Waals surface area contributed by atoms with Gasteiger partial charge >= 0.3 is 10.1 Å². The van der Waals surface area contributed by atoms with Crippen LogP contribution in [-0.4, -0.2) is 30.9 Å². The zero-order valence-corrected chi connectivity index (χ0v) is 18.9. The Balaban J connectivity index is 2.99. The van der Waals surface area contributed by atoms with Gasteiger partial charge in [0.1, 0.15) is 27.5 Å². The van der Waals surface area contributed by atoms with Crippen molar-refractivity contribution >= 4 is 68.9 Å². The molecule has 7 nitrogen and oxygen atoms in total. The van der Waals surface area contributed by atoms with E-state index in [1.807, 2.05) is 0 Å². The number of benzene rings is 1. The monoisotopic (exact) mass is 540 g/mol. The van der Waals surface area contributed by atoms with Gasteiger partial charge in [-0.1, -0.05) is 46.4 Å². The Morgan fingerprint density at radius 2 is 1.77 bits per heavy atom. The van der Waals surface area contributed by atoms with E-state index in [1.54, 1.807) is 0 Å². The number of carbonyl (C=O) groups excluding carboxylic acids is 1. The maximum atomic E-state index is 14.1. The predicted octanol–water partition coefficient (Wildman–Crippen LogP) is 5.15. The van der Waals surface area contributed by atoms with Crippen molar-refractivity contribution in [3.8, 4) is 11.8 Å². The zero-order valence-electron chi connectivity index (χ0n) is 15.1. The summed E-state index contributed by atoms with van der Waals surface area (Å²) in [5.74, 6) is -1.56. The van der Waals surface area contributed by atoms with E-state index in [0.29, 0.717) is 21.9 Å². The van der Waals surface area contributed by atoms with Gasteiger partial charge in [0, 0.05) is 6.92 Å². The number of nitriles is 1. The lowest BCUT2D eigenvalue weighted by atomic mass is 10.2. The standard InChI is InChI=1S/C15H8Cl4F4N4O3S/c1-6(28)27(30-2)13-12(31(29)15(18,19)23)10(5-24)25-26(13)11-8(16)3-7(4-9(11)17)14(20,21)22/h3-4H,1-2H3. The topological polar surface area (TPSA) is 88.2 Å². The Morgan fingerprint density at radius 3 is 2.13 bits per heavy atom. The molecule has 0 N–H and O–H groups in total. The van der Waals surface area contributed by atoms with Crippen molar-refractivity contribution in [1.82, 2.24) is 9.78 Å². The van der Waals surface area contributed by atoms with E-state index in [1.165, 1.54) is 6.07 Å². The summed E-state index contributed by atoms with van der Waals surface area (Å²) in [4.78, 5) is 16.1. The molecule has 2 rings (SSSR count). The van der Waals surface area contributed by atoms with Crippen molar-refractivity contribution in [2.24, 2.45) is 0 Å². The Labute approximate surface area is 194 Å². The third-order valence-corrected chi connectivity index (χ3v) is 6.12. The summed E-state index contributed by atoms with van der Waals surface area (Å²) in [5.41, 5.74) is -2.40.